The highest BCUT2D eigenvalue weighted by Gasteiger charge is 2.26. The summed E-state index contributed by atoms with van der Waals surface area (Å²) in [6.45, 7) is 1.77. The lowest BCUT2D eigenvalue weighted by atomic mass is 10.4. The first-order valence-corrected chi connectivity index (χ1v) is 4.21. The number of aliphatic hydroxyl groups excluding tert-OH is 1. The third-order valence-corrected chi connectivity index (χ3v) is 2.48. The van der Waals surface area contributed by atoms with Crippen LogP contribution in [0, 0.1) is 11.3 Å². The highest BCUT2D eigenvalue weighted by Crippen LogP contribution is 2.27. The van der Waals surface area contributed by atoms with Crippen molar-refractivity contribution in [3.63, 3.8) is 0 Å². The Morgan fingerprint density at radius 1 is 1.89 bits per heavy atom. The van der Waals surface area contributed by atoms with Crippen LogP contribution in [0.3, 0.4) is 0 Å². The second-order valence-corrected chi connectivity index (χ2v) is 3.35. The van der Waals surface area contributed by atoms with Crippen LogP contribution < -0.4 is 0 Å². The zero-order valence-electron chi connectivity index (χ0n) is 5.24. The Balaban J connectivity index is 3.84. The highest BCUT2D eigenvalue weighted by molar-refractivity contribution is 7.45. The van der Waals surface area contributed by atoms with Gasteiger partial charge in [-0.15, -0.1) is 0 Å². The summed E-state index contributed by atoms with van der Waals surface area (Å²) < 4.78 is 10.6. The Labute approximate surface area is 55.1 Å². The summed E-state index contributed by atoms with van der Waals surface area (Å²) in [5, 5.41) is 16.6. The van der Waals surface area contributed by atoms with E-state index in [9.17, 15) is 4.57 Å². The van der Waals surface area contributed by atoms with Gasteiger partial charge in [0.15, 0.2) is 0 Å². The minimum Gasteiger partial charge on any atom is -0.353 e. The molecule has 50 valence electrons. The van der Waals surface area contributed by atoms with Crippen molar-refractivity contribution in [2.24, 2.45) is 0 Å². The number of nitriles is 1. The molecule has 0 spiro atoms. The van der Waals surface area contributed by atoms with Gasteiger partial charge < -0.3 is 5.11 Å². The summed E-state index contributed by atoms with van der Waals surface area (Å²) in [5.74, 6) is 0. The van der Waals surface area contributed by atoms with Gasteiger partial charge in [0, 0.05) is 6.42 Å². The predicted molar refractivity (Wildman–Crippen MR) is 34.4 cm³/mol. The molecule has 2 atom stereocenters. The van der Waals surface area contributed by atoms with Crippen LogP contribution in [0.15, 0.2) is 0 Å². The van der Waals surface area contributed by atoms with E-state index in [1.165, 1.54) is 0 Å². The minimum atomic E-state index is -1.70. The Bertz CT molecular complexity index is 140. The lowest BCUT2D eigenvalue weighted by Gasteiger charge is -1.86. The van der Waals surface area contributed by atoms with Gasteiger partial charge in [-0.25, -0.2) is 0 Å². The van der Waals surface area contributed by atoms with Gasteiger partial charge in [-0.2, -0.15) is 5.26 Å². The standard InChI is InChI=1S/C5H9NO2P/c1-2-5(3-6)9(8)4-7/h5,7H,2,4H2,1H3/q+1. The zero-order valence-corrected chi connectivity index (χ0v) is 6.14. The SMILES string of the molecule is CCC(C#N)[P+](=O)CO. The average Bonchev–Trinajstić information content (AvgIpc) is 1.90. The maximum Gasteiger partial charge on any atom is 0.384 e. The predicted octanol–water partition coefficient (Wildman–Crippen LogP) is 1.07. The van der Waals surface area contributed by atoms with Crippen LogP contribution in [0.25, 0.3) is 0 Å². The fourth-order valence-corrected chi connectivity index (χ4v) is 1.19. The molecule has 3 nitrogen and oxygen atoms in total. The normalized spacial score (nSPS) is 14.1. The van der Waals surface area contributed by atoms with Gasteiger partial charge in [-0.3, -0.25) is 0 Å². The van der Waals surface area contributed by atoms with E-state index in [-0.39, 0.29) is 6.35 Å². The smallest absolute Gasteiger partial charge is 0.353 e. The molecule has 0 heterocycles. The van der Waals surface area contributed by atoms with E-state index in [4.69, 9.17) is 10.4 Å². The molecule has 4 heteroatoms. The van der Waals surface area contributed by atoms with E-state index in [1.54, 1.807) is 6.92 Å². The second kappa shape index (κ2) is 4.43. The summed E-state index contributed by atoms with van der Waals surface area (Å²) in [5.41, 5.74) is -0.468. The summed E-state index contributed by atoms with van der Waals surface area (Å²) in [6, 6.07) is 1.86. The second-order valence-electron chi connectivity index (χ2n) is 1.61. The molecule has 2 unspecified atom stereocenters. The molecule has 0 fully saturated rings. The van der Waals surface area contributed by atoms with Gasteiger partial charge in [0.1, 0.15) is 6.07 Å². The lowest BCUT2D eigenvalue weighted by Crippen LogP contribution is -1.96. The van der Waals surface area contributed by atoms with Crippen LogP contribution in [0.2, 0.25) is 0 Å². The van der Waals surface area contributed by atoms with Crippen LogP contribution in [-0.2, 0) is 4.57 Å². The molecule has 0 rings (SSSR count). The van der Waals surface area contributed by atoms with Gasteiger partial charge in [-0.1, -0.05) is 11.5 Å². The third kappa shape index (κ3) is 2.55. The fourth-order valence-electron chi connectivity index (χ4n) is 0.458. The molecule has 0 aliphatic carbocycles. The largest absolute Gasteiger partial charge is 0.384 e. The molecule has 0 radical (unpaired) electrons. The summed E-state index contributed by atoms with van der Waals surface area (Å²) in [7, 11) is -1.70. The number of hydrogen-bond donors (Lipinski definition) is 1. The van der Waals surface area contributed by atoms with Crippen molar-refractivity contribution in [1.29, 1.82) is 5.26 Å². The molecular formula is C5H9NO2P+. The van der Waals surface area contributed by atoms with E-state index in [1.807, 2.05) is 6.07 Å². The Morgan fingerprint density at radius 3 is 2.56 bits per heavy atom. The fraction of sp³-hybridized carbons (Fsp3) is 0.800. The summed E-state index contributed by atoms with van der Waals surface area (Å²) >= 11 is 0. The molecule has 0 aliphatic heterocycles. The molecule has 0 saturated carbocycles. The summed E-state index contributed by atoms with van der Waals surface area (Å²) in [4.78, 5) is 0. The topological polar surface area (TPSA) is 61.1 Å². The molecular weight excluding hydrogens is 137 g/mol. The van der Waals surface area contributed by atoms with Gasteiger partial charge in [0.25, 0.3) is 0 Å². The van der Waals surface area contributed by atoms with E-state index in [0.717, 1.165) is 0 Å². The van der Waals surface area contributed by atoms with Crippen LogP contribution >= 0.6 is 7.80 Å². The Hall–Kier alpha value is -0.450. The van der Waals surface area contributed by atoms with Crippen LogP contribution in [0.1, 0.15) is 13.3 Å². The molecule has 0 bridgehead atoms. The quantitative estimate of drug-likeness (QED) is 0.605. The van der Waals surface area contributed by atoms with Crippen LogP contribution in [0.4, 0.5) is 0 Å². The number of hydrogen-bond acceptors (Lipinski definition) is 3. The molecule has 0 aliphatic rings. The first-order valence-electron chi connectivity index (χ1n) is 2.70. The maximum absolute atomic E-state index is 10.6. The molecule has 0 amide bonds. The van der Waals surface area contributed by atoms with Gasteiger partial charge in [0.05, 0.1) is 0 Å². The van der Waals surface area contributed by atoms with Gasteiger partial charge in [0.2, 0.25) is 12.0 Å². The van der Waals surface area contributed by atoms with Crippen molar-refractivity contribution in [1.82, 2.24) is 0 Å². The first kappa shape index (κ1) is 8.55. The van der Waals surface area contributed by atoms with Crippen molar-refractivity contribution in [2.45, 2.75) is 19.0 Å². The number of aliphatic hydroxyl groups is 1. The number of nitrogens with zero attached hydrogens (tertiary/aromatic N) is 1. The van der Waals surface area contributed by atoms with Crippen molar-refractivity contribution in [3.05, 3.63) is 0 Å². The van der Waals surface area contributed by atoms with Crippen molar-refractivity contribution in [2.75, 3.05) is 6.35 Å². The number of rotatable bonds is 3. The molecule has 0 saturated heterocycles. The van der Waals surface area contributed by atoms with Gasteiger partial charge in [-0.05, 0) is 0 Å². The van der Waals surface area contributed by atoms with Crippen LogP contribution in [-0.4, -0.2) is 17.1 Å². The zero-order chi connectivity index (χ0) is 7.28. The van der Waals surface area contributed by atoms with Gasteiger partial charge >= 0.3 is 7.80 Å². The molecule has 0 aromatic heterocycles. The van der Waals surface area contributed by atoms with E-state index in [0.29, 0.717) is 6.42 Å². The Morgan fingerprint density at radius 2 is 2.44 bits per heavy atom. The summed E-state index contributed by atoms with van der Waals surface area (Å²) in [6.07, 6.45) is 0.174. The van der Waals surface area contributed by atoms with Crippen molar-refractivity contribution in [3.8, 4) is 6.07 Å². The van der Waals surface area contributed by atoms with Crippen molar-refractivity contribution < 1.29 is 9.67 Å². The lowest BCUT2D eigenvalue weighted by molar-refractivity contribution is 0.361. The molecule has 0 aromatic carbocycles. The average molecular weight is 146 g/mol. The monoisotopic (exact) mass is 146 g/mol. The molecule has 0 aromatic rings. The minimum absolute atomic E-state index is 0.374. The maximum atomic E-state index is 10.6. The molecule has 9 heavy (non-hydrogen) atoms. The van der Waals surface area contributed by atoms with Crippen LogP contribution in [0.5, 0.6) is 0 Å². The molecule has 1 N–H and O–H groups in total. The van der Waals surface area contributed by atoms with E-state index in [2.05, 4.69) is 0 Å². The third-order valence-electron chi connectivity index (χ3n) is 1.02. The van der Waals surface area contributed by atoms with E-state index < -0.39 is 13.5 Å². The van der Waals surface area contributed by atoms with Crippen molar-refractivity contribution >= 4 is 7.80 Å². The van der Waals surface area contributed by atoms with E-state index >= 15 is 0 Å². The Kier molecular flexibility index (Phi) is 4.21. The first-order chi connectivity index (χ1) is 4.26. The highest BCUT2D eigenvalue weighted by atomic mass is 31.1.